The number of nitrogens with zero attached hydrogens (tertiary/aromatic N) is 1. The molecule has 0 aromatic heterocycles. The number of aryl methyl sites for hydroxylation is 1. The lowest BCUT2D eigenvalue weighted by molar-refractivity contribution is 0.305. The Labute approximate surface area is 80.4 Å². The zero-order valence-electron chi connectivity index (χ0n) is 8.62. The molecule has 0 saturated heterocycles. The average Bonchev–Trinajstić information content (AvgIpc) is 2.09. The van der Waals surface area contributed by atoms with Crippen LogP contribution in [0.1, 0.15) is 17.2 Å². The Kier molecular flexibility index (Phi) is 3.46. The highest BCUT2D eigenvalue weighted by molar-refractivity contribution is 5.28. The Bertz CT molecular complexity index is 269. The molecule has 0 fully saturated rings. The minimum Gasteiger partial charge on any atom is -0.329 e. The van der Waals surface area contributed by atoms with E-state index >= 15 is 0 Å². The molecule has 2 nitrogen and oxygen atoms in total. The van der Waals surface area contributed by atoms with Gasteiger partial charge in [-0.2, -0.15) is 0 Å². The second-order valence-corrected chi connectivity index (χ2v) is 3.57. The van der Waals surface area contributed by atoms with Gasteiger partial charge in [-0.3, -0.25) is 0 Å². The van der Waals surface area contributed by atoms with Crippen LogP contribution in [0.25, 0.3) is 0 Å². The Balaban J connectivity index is 2.97. The summed E-state index contributed by atoms with van der Waals surface area (Å²) in [4.78, 5) is 2.16. The summed E-state index contributed by atoms with van der Waals surface area (Å²) in [6.45, 7) is 2.79. The van der Waals surface area contributed by atoms with Gasteiger partial charge in [0.15, 0.2) is 0 Å². The van der Waals surface area contributed by atoms with Crippen molar-refractivity contribution in [1.29, 1.82) is 0 Å². The molecule has 13 heavy (non-hydrogen) atoms. The van der Waals surface area contributed by atoms with E-state index in [0.29, 0.717) is 12.6 Å². The number of rotatable bonds is 3. The summed E-state index contributed by atoms with van der Waals surface area (Å²) in [7, 11) is 4.12. The number of hydrogen-bond donors (Lipinski definition) is 1. The lowest BCUT2D eigenvalue weighted by Crippen LogP contribution is -2.27. The first kappa shape index (κ1) is 10.2. The van der Waals surface area contributed by atoms with Gasteiger partial charge in [0.25, 0.3) is 0 Å². The van der Waals surface area contributed by atoms with Crippen molar-refractivity contribution in [3.63, 3.8) is 0 Å². The molecule has 0 aliphatic rings. The fourth-order valence-electron chi connectivity index (χ4n) is 1.58. The molecule has 2 heteroatoms. The van der Waals surface area contributed by atoms with E-state index in [-0.39, 0.29) is 0 Å². The van der Waals surface area contributed by atoms with Crippen molar-refractivity contribution in [3.05, 3.63) is 35.4 Å². The van der Waals surface area contributed by atoms with Crippen molar-refractivity contribution in [2.45, 2.75) is 13.0 Å². The molecular formula is C11H18N2. The fourth-order valence-corrected chi connectivity index (χ4v) is 1.58. The van der Waals surface area contributed by atoms with Gasteiger partial charge < -0.3 is 10.6 Å². The van der Waals surface area contributed by atoms with Crippen LogP contribution in [0, 0.1) is 6.92 Å². The molecule has 72 valence electrons. The second kappa shape index (κ2) is 4.40. The van der Waals surface area contributed by atoms with Crippen molar-refractivity contribution in [2.24, 2.45) is 5.73 Å². The van der Waals surface area contributed by atoms with Crippen LogP contribution in [0.4, 0.5) is 0 Å². The Morgan fingerprint density at radius 3 is 2.38 bits per heavy atom. The van der Waals surface area contributed by atoms with Crippen molar-refractivity contribution >= 4 is 0 Å². The summed E-state index contributed by atoms with van der Waals surface area (Å²) in [6, 6.07) is 8.73. The lowest BCUT2D eigenvalue weighted by Gasteiger charge is -2.24. The predicted molar refractivity (Wildman–Crippen MR) is 56.7 cm³/mol. The van der Waals surface area contributed by atoms with Crippen LogP contribution in [0.15, 0.2) is 24.3 Å². The third-order valence-corrected chi connectivity index (χ3v) is 2.39. The maximum atomic E-state index is 5.73. The molecule has 0 spiro atoms. The van der Waals surface area contributed by atoms with E-state index in [9.17, 15) is 0 Å². The van der Waals surface area contributed by atoms with Gasteiger partial charge in [0, 0.05) is 12.6 Å². The van der Waals surface area contributed by atoms with E-state index in [2.05, 4.69) is 50.2 Å². The van der Waals surface area contributed by atoms with Gasteiger partial charge in [-0.1, -0.05) is 24.3 Å². The van der Waals surface area contributed by atoms with Gasteiger partial charge >= 0.3 is 0 Å². The van der Waals surface area contributed by atoms with Gasteiger partial charge in [-0.15, -0.1) is 0 Å². The van der Waals surface area contributed by atoms with Crippen molar-refractivity contribution < 1.29 is 0 Å². The summed E-state index contributed by atoms with van der Waals surface area (Å²) >= 11 is 0. The number of nitrogens with two attached hydrogens (primary N) is 1. The summed E-state index contributed by atoms with van der Waals surface area (Å²) in [5.74, 6) is 0. The van der Waals surface area contributed by atoms with Gasteiger partial charge in [0.2, 0.25) is 0 Å². The molecule has 1 rings (SSSR count). The quantitative estimate of drug-likeness (QED) is 0.761. The predicted octanol–water partition coefficient (Wildman–Crippen LogP) is 1.56. The van der Waals surface area contributed by atoms with Crippen LogP contribution in [-0.4, -0.2) is 25.5 Å². The largest absolute Gasteiger partial charge is 0.329 e. The normalized spacial score (nSPS) is 13.3. The monoisotopic (exact) mass is 178 g/mol. The maximum Gasteiger partial charge on any atom is 0.0467 e. The van der Waals surface area contributed by atoms with E-state index in [4.69, 9.17) is 5.73 Å². The van der Waals surface area contributed by atoms with Crippen LogP contribution in [0.3, 0.4) is 0 Å². The Morgan fingerprint density at radius 1 is 1.31 bits per heavy atom. The molecule has 2 N–H and O–H groups in total. The van der Waals surface area contributed by atoms with Crippen LogP contribution in [-0.2, 0) is 0 Å². The van der Waals surface area contributed by atoms with E-state index in [1.54, 1.807) is 0 Å². The van der Waals surface area contributed by atoms with Crippen LogP contribution in [0.2, 0.25) is 0 Å². The first-order chi connectivity index (χ1) is 6.16. The molecule has 1 aromatic rings. The zero-order valence-corrected chi connectivity index (χ0v) is 8.62. The molecule has 0 aliphatic heterocycles. The van der Waals surface area contributed by atoms with Gasteiger partial charge in [0.05, 0.1) is 0 Å². The van der Waals surface area contributed by atoms with Gasteiger partial charge in [-0.25, -0.2) is 0 Å². The van der Waals surface area contributed by atoms with Gasteiger partial charge in [-0.05, 0) is 32.1 Å². The number of hydrogen-bond acceptors (Lipinski definition) is 2. The molecule has 0 saturated carbocycles. The highest BCUT2D eigenvalue weighted by Gasteiger charge is 2.12. The molecule has 1 unspecified atom stereocenters. The van der Waals surface area contributed by atoms with Crippen LogP contribution >= 0.6 is 0 Å². The van der Waals surface area contributed by atoms with Gasteiger partial charge in [0.1, 0.15) is 0 Å². The molecule has 0 radical (unpaired) electrons. The number of benzene rings is 1. The van der Waals surface area contributed by atoms with Crippen molar-refractivity contribution in [3.8, 4) is 0 Å². The molecule has 0 amide bonds. The summed E-state index contributed by atoms with van der Waals surface area (Å²) in [6.07, 6.45) is 0. The maximum absolute atomic E-state index is 5.73. The summed E-state index contributed by atoms with van der Waals surface area (Å²) < 4.78 is 0. The Hall–Kier alpha value is -0.860. The molecule has 0 heterocycles. The summed E-state index contributed by atoms with van der Waals surface area (Å²) in [5.41, 5.74) is 8.37. The third kappa shape index (κ3) is 2.29. The molecule has 1 atom stereocenters. The van der Waals surface area contributed by atoms with E-state index in [1.165, 1.54) is 11.1 Å². The average molecular weight is 178 g/mol. The number of likely N-dealkylation sites (N-methyl/N-ethyl adjacent to an activating group) is 1. The lowest BCUT2D eigenvalue weighted by atomic mass is 10.0. The first-order valence-corrected chi connectivity index (χ1v) is 4.59. The SMILES string of the molecule is Cc1ccccc1C(CN)N(C)C. The third-order valence-electron chi connectivity index (χ3n) is 2.39. The molecule has 0 aliphatic carbocycles. The minimum absolute atomic E-state index is 0.334. The Morgan fingerprint density at radius 2 is 1.92 bits per heavy atom. The second-order valence-electron chi connectivity index (χ2n) is 3.57. The van der Waals surface area contributed by atoms with Crippen molar-refractivity contribution in [2.75, 3.05) is 20.6 Å². The van der Waals surface area contributed by atoms with Crippen LogP contribution in [0.5, 0.6) is 0 Å². The van der Waals surface area contributed by atoms with E-state index in [1.807, 2.05) is 0 Å². The molecule has 1 aromatic carbocycles. The van der Waals surface area contributed by atoms with E-state index < -0.39 is 0 Å². The summed E-state index contributed by atoms with van der Waals surface area (Å²) in [5, 5.41) is 0. The smallest absolute Gasteiger partial charge is 0.0467 e. The standard InChI is InChI=1S/C11H18N2/c1-9-6-4-5-7-10(9)11(8-12)13(2)3/h4-7,11H,8,12H2,1-3H3. The topological polar surface area (TPSA) is 29.3 Å². The fraction of sp³-hybridized carbons (Fsp3) is 0.455. The van der Waals surface area contributed by atoms with Crippen LogP contribution < -0.4 is 5.73 Å². The van der Waals surface area contributed by atoms with E-state index in [0.717, 1.165) is 0 Å². The molecular weight excluding hydrogens is 160 g/mol. The molecule has 0 bridgehead atoms. The first-order valence-electron chi connectivity index (χ1n) is 4.59. The minimum atomic E-state index is 0.334. The van der Waals surface area contributed by atoms with Crippen molar-refractivity contribution in [1.82, 2.24) is 4.90 Å². The zero-order chi connectivity index (χ0) is 9.84. The highest BCUT2D eigenvalue weighted by Crippen LogP contribution is 2.19. The highest BCUT2D eigenvalue weighted by atomic mass is 15.1.